The number of rotatable bonds is 5. The third-order valence-corrected chi connectivity index (χ3v) is 3.88. The summed E-state index contributed by atoms with van der Waals surface area (Å²) in [5, 5.41) is 0. The number of hydrogen-bond donors (Lipinski definition) is 1. The van der Waals surface area contributed by atoms with Crippen LogP contribution in [0.2, 0.25) is 0 Å². The highest BCUT2D eigenvalue weighted by molar-refractivity contribution is 5.81. The van der Waals surface area contributed by atoms with Crippen molar-refractivity contribution in [1.82, 2.24) is 4.90 Å². The van der Waals surface area contributed by atoms with Gasteiger partial charge in [-0.2, -0.15) is 0 Å². The Morgan fingerprint density at radius 2 is 1.77 bits per heavy atom. The lowest BCUT2D eigenvalue weighted by Crippen LogP contribution is -2.47. The predicted octanol–water partition coefficient (Wildman–Crippen LogP) is 1.42. The molecule has 0 radical (unpaired) electrons. The molecule has 1 aromatic rings. The summed E-state index contributed by atoms with van der Waals surface area (Å²) in [6.45, 7) is 3.09. The van der Waals surface area contributed by atoms with E-state index < -0.39 is 6.10 Å². The molecule has 0 spiro atoms. The highest BCUT2D eigenvalue weighted by atomic mass is 16.5. The van der Waals surface area contributed by atoms with Gasteiger partial charge in [-0.1, -0.05) is 6.07 Å². The van der Waals surface area contributed by atoms with Crippen LogP contribution in [0.3, 0.4) is 0 Å². The van der Waals surface area contributed by atoms with E-state index in [0.717, 1.165) is 12.8 Å². The summed E-state index contributed by atoms with van der Waals surface area (Å²) in [4.78, 5) is 14.3. The van der Waals surface area contributed by atoms with E-state index in [0.29, 0.717) is 30.3 Å². The van der Waals surface area contributed by atoms with E-state index in [1.54, 1.807) is 38.2 Å². The molecule has 2 N–H and O–H groups in total. The molecule has 1 unspecified atom stereocenters. The van der Waals surface area contributed by atoms with Gasteiger partial charge in [-0.25, -0.2) is 0 Å². The molecule has 6 nitrogen and oxygen atoms in total. The number of nitrogens with two attached hydrogens (primary N) is 1. The molecule has 1 amide bonds. The van der Waals surface area contributed by atoms with E-state index in [1.165, 1.54) is 0 Å². The van der Waals surface area contributed by atoms with Crippen LogP contribution in [0.15, 0.2) is 18.2 Å². The minimum atomic E-state index is -0.612. The van der Waals surface area contributed by atoms with Crippen LogP contribution in [0.25, 0.3) is 0 Å². The molecule has 1 aromatic carbocycles. The van der Waals surface area contributed by atoms with Crippen LogP contribution in [0.4, 0.5) is 0 Å². The van der Waals surface area contributed by atoms with Gasteiger partial charge in [0.25, 0.3) is 5.91 Å². The number of nitrogens with zero attached hydrogens (tertiary/aromatic N) is 1. The Kier molecular flexibility index (Phi) is 5.49. The van der Waals surface area contributed by atoms with Crippen molar-refractivity contribution >= 4 is 5.91 Å². The van der Waals surface area contributed by atoms with Crippen LogP contribution < -0.4 is 19.9 Å². The van der Waals surface area contributed by atoms with E-state index in [4.69, 9.17) is 19.9 Å². The van der Waals surface area contributed by atoms with Crippen molar-refractivity contribution in [2.45, 2.75) is 31.9 Å². The lowest BCUT2D eigenvalue weighted by atomic mass is 10.1. The largest absolute Gasteiger partial charge is 0.493 e. The molecule has 1 heterocycles. The number of piperidine rings is 1. The number of carbonyl (C=O) groups excluding carboxylic acids is 1. The summed E-state index contributed by atoms with van der Waals surface area (Å²) in [5.74, 6) is 1.49. The molecule has 1 atom stereocenters. The van der Waals surface area contributed by atoms with E-state index >= 15 is 0 Å². The molecule has 1 aliphatic rings. The van der Waals surface area contributed by atoms with Crippen LogP contribution in [-0.2, 0) is 4.79 Å². The SMILES string of the molecule is COc1cccc(OC)c1OC(C)C(=O)N1CCC(N)CC1. The van der Waals surface area contributed by atoms with Crippen molar-refractivity contribution in [2.24, 2.45) is 5.73 Å². The van der Waals surface area contributed by atoms with Crippen LogP contribution in [0, 0.1) is 0 Å². The number of hydrogen-bond acceptors (Lipinski definition) is 5. The predicted molar refractivity (Wildman–Crippen MR) is 83.4 cm³/mol. The van der Waals surface area contributed by atoms with Crippen LogP contribution >= 0.6 is 0 Å². The fourth-order valence-electron chi connectivity index (χ4n) is 2.54. The number of likely N-dealkylation sites (tertiary alicyclic amines) is 1. The molecule has 1 saturated heterocycles. The fraction of sp³-hybridized carbons (Fsp3) is 0.562. The van der Waals surface area contributed by atoms with Crippen molar-refractivity contribution in [3.05, 3.63) is 18.2 Å². The third-order valence-electron chi connectivity index (χ3n) is 3.88. The first-order valence-electron chi connectivity index (χ1n) is 7.48. The second-order valence-electron chi connectivity index (χ2n) is 5.41. The maximum absolute atomic E-state index is 12.5. The van der Waals surface area contributed by atoms with Crippen LogP contribution in [-0.4, -0.2) is 50.3 Å². The Balaban J connectivity index is 2.08. The summed E-state index contributed by atoms with van der Waals surface area (Å²) in [6, 6.07) is 5.54. The Labute approximate surface area is 131 Å². The Hall–Kier alpha value is -1.95. The van der Waals surface area contributed by atoms with Gasteiger partial charge in [0.1, 0.15) is 0 Å². The average Bonchev–Trinajstić information content (AvgIpc) is 2.55. The van der Waals surface area contributed by atoms with Gasteiger partial charge in [0.15, 0.2) is 17.6 Å². The Morgan fingerprint density at radius 1 is 1.23 bits per heavy atom. The van der Waals surface area contributed by atoms with Gasteiger partial charge in [0.05, 0.1) is 14.2 Å². The molecule has 0 aromatic heterocycles. The summed E-state index contributed by atoms with van der Waals surface area (Å²) in [5.41, 5.74) is 5.87. The van der Waals surface area contributed by atoms with Gasteiger partial charge in [-0.15, -0.1) is 0 Å². The van der Waals surface area contributed by atoms with E-state index in [9.17, 15) is 4.79 Å². The molecule has 1 aliphatic heterocycles. The maximum Gasteiger partial charge on any atom is 0.263 e. The quantitative estimate of drug-likeness (QED) is 0.890. The van der Waals surface area contributed by atoms with Gasteiger partial charge < -0.3 is 24.8 Å². The maximum atomic E-state index is 12.5. The lowest BCUT2D eigenvalue weighted by Gasteiger charge is -2.32. The van der Waals surface area contributed by atoms with Crippen molar-refractivity contribution < 1.29 is 19.0 Å². The first kappa shape index (κ1) is 16.4. The van der Waals surface area contributed by atoms with E-state index in [1.807, 2.05) is 6.07 Å². The number of benzene rings is 1. The van der Waals surface area contributed by atoms with E-state index in [-0.39, 0.29) is 11.9 Å². The minimum Gasteiger partial charge on any atom is -0.493 e. The fourth-order valence-corrected chi connectivity index (χ4v) is 2.54. The van der Waals surface area contributed by atoms with Crippen molar-refractivity contribution in [1.29, 1.82) is 0 Å². The first-order valence-corrected chi connectivity index (χ1v) is 7.48. The zero-order valence-corrected chi connectivity index (χ0v) is 13.4. The molecule has 0 saturated carbocycles. The van der Waals surface area contributed by atoms with Gasteiger partial charge in [-0.05, 0) is 31.9 Å². The Morgan fingerprint density at radius 3 is 2.27 bits per heavy atom. The monoisotopic (exact) mass is 308 g/mol. The summed E-state index contributed by atoms with van der Waals surface area (Å²) >= 11 is 0. The van der Waals surface area contributed by atoms with Gasteiger partial charge >= 0.3 is 0 Å². The van der Waals surface area contributed by atoms with Crippen molar-refractivity contribution in [3.8, 4) is 17.2 Å². The van der Waals surface area contributed by atoms with Gasteiger partial charge in [0, 0.05) is 19.1 Å². The molecule has 0 bridgehead atoms. The standard InChI is InChI=1S/C16H24N2O4/c1-11(16(19)18-9-7-12(17)8-10-18)22-15-13(20-2)5-4-6-14(15)21-3/h4-6,11-12H,7-10,17H2,1-3H3. The summed E-state index contributed by atoms with van der Waals surface area (Å²) in [7, 11) is 3.11. The molecule has 122 valence electrons. The molecular formula is C16H24N2O4. The highest BCUT2D eigenvalue weighted by Crippen LogP contribution is 2.37. The zero-order chi connectivity index (χ0) is 16.1. The van der Waals surface area contributed by atoms with Crippen molar-refractivity contribution in [3.63, 3.8) is 0 Å². The summed E-state index contributed by atoms with van der Waals surface area (Å²) < 4.78 is 16.4. The normalized spacial score (nSPS) is 17.0. The summed E-state index contributed by atoms with van der Waals surface area (Å²) in [6.07, 6.45) is 1.05. The highest BCUT2D eigenvalue weighted by Gasteiger charge is 2.27. The third kappa shape index (κ3) is 3.62. The smallest absolute Gasteiger partial charge is 0.263 e. The minimum absolute atomic E-state index is 0.0418. The molecule has 1 fully saturated rings. The second-order valence-corrected chi connectivity index (χ2v) is 5.41. The number of methoxy groups -OCH3 is 2. The van der Waals surface area contributed by atoms with Gasteiger partial charge in [0.2, 0.25) is 5.75 Å². The molecule has 0 aliphatic carbocycles. The number of carbonyl (C=O) groups is 1. The first-order chi connectivity index (χ1) is 10.6. The average molecular weight is 308 g/mol. The van der Waals surface area contributed by atoms with Crippen LogP contribution in [0.5, 0.6) is 17.2 Å². The molecule has 6 heteroatoms. The van der Waals surface area contributed by atoms with Crippen LogP contribution in [0.1, 0.15) is 19.8 Å². The topological polar surface area (TPSA) is 74.0 Å². The number of para-hydroxylation sites is 1. The Bertz CT molecular complexity index is 491. The molecule has 2 rings (SSSR count). The lowest BCUT2D eigenvalue weighted by molar-refractivity contribution is -0.139. The number of amides is 1. The second kappa shape index (κ2) is 7.35. The van der Waals surface area contributed by atoms with E-state index in [2.05, 4.69) is 0 Å². The molecular weight excluding hydrogens is 284 g/mol. The van der Waals surface area contributed by atoms with Crippen molar-refractivity contribution in [2.75, 3.05) is 27.3 Å². The zero-order valence-electron chi connectivity index (χ0n) is 13.4. The molecule has 22 heavy (non-hydrogen) atoms. The van der Waals surface area contributed by atoms with Gasteiger partial charge in [-0.3, -0.25) is 4.79 Å². The number of ether oxygens (including phenoxy) is 3.